The van der Waals surface area contributed by atoms with Crippen LogP contribution in [0.5, 0.6) is 0 Å². The van der Waals surface area contributed by atoms with Crippen molar-refractivity contribution in [2.24, 2.45) is 0 Å². The summed E-state index contributed by atoms with van der Waals surface area (Å²) in [6.07, 6.45) is 5.11. The van der Waals surface area contributed by atoms with E-state index in [9.17, 15) is 4.79 Å². The van der Waals surface area contributed by atoms with E-state index in [2.05, 4.69) is 48.2 Å². The van der Waals surface area contributed by atoms with Gasteiger partial charge in [-0.25, -0.2) is 0 Å². The first kappa shape index (κ1) is 17.3. The third-order valence-corrected chi connectivity index (χ3v) is 5.60. The molecule has 4 rings (SSSR count). The number of furan rings is 1. The van der Waals surface area contributed by atoms with Gasteiger partial charge in [0.05, 0.1) is 0 Å². The number of amides is 1. The van der Waals surface area contributed by atoms with Crippen molar-refractivity contribution in [3.63, 3.8) is 0 Å². The average molecular weight is 356 g/mol. The lowest BCUT2D eigenvalue weighted by molar-refractivity contribution is 0.0926. The molecule has 26 heavy (non-hydrogen) atoms. The summed E-state index contributed by atoms with van der Waals surface area (Å²) in [4.78, 5) is 19.2. The minimum absolute atomic E-state index is 0.117. The number of aromatic nitrogens is 1. The Bertz CT molecular complexity index is 805. The minimum atomic E-state index is -0.117. The van der Waals surface area contributed by atoms with Crippen LogP contribution < -0.4 is 15.5 Å². The van der Waals surface area contributed by atoms with E-state index in [1.807, 2.05) is 6.07 Å². The summed E-state index contributed by atoms with van der Waals surface area (Å²) in [7, 11) is 0. The van der Waals surface area contributed by atoms with Crippen molar-refractivity contribution in [1.82, 2.24) is 15.6 Å². The van der Waals surface area contributed by atoms with Gasteiger partial charge in [0.2, 0.25) is 0 Å². The molecule has 6 heteroatoms. The third-order valence-electron chi connectivity index (χ3n) is 5.60. The molecule has 2 aromatic heterocycles. The van der Waals surface area contributed by atoms with E-state index in [0.29, 0.717) is 35.4 Å². The topological polar surface area (TPSA) is 70.4 Å². The molecule has 0 unspecified atom stereocenters. The quantitative estimate of drug-likeness (QED) is 0.861. The highest BCUT2D eigenvalue weighted by Crippen LogP contribution is 2.30. The van der Waals surface area contributed by atoms with Crippen molar-refractivity contribution >= 4 is 22.8 Å². The average Bonchev–Trinajstić information content (AvgIpc) is 3.27. The molecular formula is C20H28N4O2. The molecule has 2 aliphatic heterocycles. The number of hydrogen-bond donors (Lipinski definition) is 2. The number of rotatable bonds is 5. The van der Waals surface area contributed by atoms with E-state index in [1.165, 1.54) is 6.42 Å². The van der Waals surface area contributed by atoms with Crippen LogP contribution in [0.25, 0.3) is 11.0 Å². The standard InChI is InChI=1S/C20H28N4O2/c1-11(2)24(12(3)4)19-7-13-10-21-17(9-18(13)26-19)20(25)23-16-8-14-5-6-15(16)22-14/h7,9-12,14-16,22H,5-6,8H2,1-4H3,(H,23,25)/t14-,15+,16-/m1/s1. The number of nitrogens with zero attached hydrogens (tertiary/aromatic N) is 2. The van der Waals surface area contributed by atoms with Gasteiger partial charge in [-0.1, -0.05) is 0 Å². The molecule has 0 radical (unpaired) electrons. The Labute approximate surface area is 154 Å². The van der Waals surface area contributed by atoms with Gasteiger partial charge in [-0.3, -0.25) is 9.78 Å². The molecule has 0 aromatic carbocycles. The second kappa shape index (κ2) is 6.58. The smallest absolute Gasteiger partial charge is 0.270 e. The van der Waals surface area contributed by atoms with Crippen LogP contribution in [-0.4, -0.2) is 41.1 Å². The summed E-state index contributed by atoms with van der Waals surface area (Å²) < 4.78 is 6.06. The molecule has 2 aromatic rings. The Morgan fingerprint density at radius 2 is 2.04 bits per heavy atom. The Morgan fingerprint density at radius 3 is 2.65 bits per heavy atom. The van der Waals surface area contributed by atoms with Gasteiger partial charge in [-0.2, -0.15) is 0 Å². The normalized spacial score (nSPS) is 24.8. The maximum atomic E-state index is 12.6. The van der Waals surface area contributed by atoms with Crippen LogP contribution in [0.2, 0.25) is 0 Å². The zero-order chi connectivity index (χ0) is 18.4. The Hall–Kier alpha value is -2.08. The van der Waals surface area contributed by atoms with E-state index < -0.39 is 0 Å². The molecule has 2 saturated heterocycles. The van der Waals surface area contributed by atoms with Gasteiger partial charge in [0, 0.05) is 53.9 Å². The van der Waals surface area contributed by atoms with Gasteiger partial charge in [-0.05, 0) is 47.0 Å². The van der Waals surface area contributed by atoms with Crippen molar-refractivity contribution < 1.29 is 9.21 Å². The maximum absolute atomic E-state index is 12.6. The van der Waals surface area contributed by atoms with E-state index in [-0.39, 0.29) is 11.9 Å². The molecule has 0 aliphatic carbocycles. The first-order valence-electron chi connectivity index (χ1n) is 9.67. The van der Waals surface area contributed by atoms with E-state index in [1.54, 1.807) is 12.3 Å². The summed E-state index contributed by atoms with van der Waals surface area (Å²) in [5.74, 6) is 0.704. The molecule has 140 valence electrons. The number of anilines is 1. The van der Waals surface area contributed by atoms with Gasteiger partial charge in [0.25, 0.3) is 5.91 Å². The molecule has 2 fully saturated rings. The van der Waals surface area contributed by atoms with Crippen molar-refractivity contribution in [3.8, 4) is 0 Å². The number of carbonyl (C=O) groups excluding carboxylic acids is 1. The fourth-order valence-corrected chi connectivity index (χ4v) is 4.50. The fourth-order valence-electron chi connectivity index (χ4n) is 4.50. The van der Waals surface area contributed by atoms with Crippen LogP contribution in [0, 0.1) is 0 Å². The van der Waals surface area contributed by atoms with Crippen molar-refractivity contribution in [2.45, 2.75) is 77.2 Å². The Balaban J connectivity index is 1.54. The van der Waals surface area contributed by atoms with Crippen molar-refractivity contribution in [3.05, 3.63) is 24.0 Å². The fraction of sp³-hybridized carbons (Fsp3) is 0.600. The number of nitrogens with one attached hydrogen (secondary N) is 2. The maximum Gasteiger partial charge on any atom is 0.270 e. The van der Waals surface area contributed by atoms with Gasteiger partial charge < -0.3 is 20.0 Å². The highest BCUT2D eigenvalue weighted by molar-refractivity contribution is 5.96. The molecule has 0 spiro atoms. The number of hydrogen-bond acceptors (Lipinski definition) is 5. The third kappa shape index (κ3) is 3.07. The molecule has 1 amide bonds. The first-order chi connectivity index (χ1) is 12.4. The highest BCUT2D eigenvalue weighted by atomic mass is 16.4. The summed E-state index contributed by atoms with van der Waals surface area (Å²) in [5, 5.41) is 7.60. The van der Waals surface area contributed by atoms with E-state index >= 15 is 0 Å². The first-order valence-corrected chi connectivity index (χ1v) is 9.67. The lowest BCUT2D eigenvalue weighted by atomic mass is 9.95. The molecule has 3 atom stereocenters. The second-order valence-electron chi connectivity index (χ2n) is 8.15. The monoisotopic (exact) mass is 356 g/mol. The van der Waals surface area contributed by atoms with Gasteiger partial charge >= 0.3 is 0 Å². The minimum Gasteiger partial charge on any atom is -0.440 e. The zero-order valence-corrected chi connectivity index (χ0v) is 16.0. The van der Waals surface area contributed by atoms with Gasteiger partial charge in [0.1, 0.15) is 11.3 Å². The second-order valence-corrected chi connectivity index (χ2v) is 8.15. The lowest BCUT2D eigenvalue weighted by Gasteiger charge is -2.30. The van der Waals surface area contributed by atoms with Crippen LogP contribution >= 0.6 is 0 Å². The van der Waals surface area contributed by atoms with Crippen molar-refractivity contribution in [2.75, 3.05) is 4.90 Å². The SMILES string of the molecule is CC(C)N(c1cc2cnc(C(=O)N[C@@H]3C[C@H]4CC[C@@H]3N4)cc2o1)C(C)C. The molecular weight excluding hydrogens is 328 g/mol. The zero-order valence-electron chi connectivity index (χ0n) is 16.0. The van der Waals surface area contributed by atoms with Crippen LogP contribution in [0.4, 0.5) is 5.88 Å². The Kier molecular flexibility index (Phi) is 4.39. The summed E-state index contributed by atoms with van der Waals surface area (Å²) >= 11 is 0. The molecule has 2 bridgehead atoms. The lowest BCUT2D eigenvalue weighted by Crippen LogP contribution is -2.43. The Morgan fingerprint density at radius 1 is 1.27 bits per heavy atom. The number of fused-ring (bicyclic) bond motifs is 3. The summed E-state index contributed by atoms with van der Waals surface area (Å²) in [5.41, 5.74) is 1.12. The molecule has 0 saturated carbocycles. The molecule has 2 aliphatic rings. The summed E-state index contributed by atoms with van der Waals surface area (Å²) in [6.45, 7) is 8.59. The molecule has 6 nitrogen and oxygen atoms in total. The van der Waals surface area contributed by atoms with E-state index in [4.69, 9.17) is 4.42 Å². The van der Waals surface area contributed by atoms with Crippen LogP contribution in [0.3, 0.4) is 0 Å². The predicted octanol–water partition coefficient (Wildman–Crippen LogP) is 3.07. The number of carbonyl (C=O) groups is 1. The molecule has 4 heterocycles. The van der Waals surface area contributed by atoms with Gasteiger partial charge in [0.15, 0.2) is 5.88 Å². The summed E-state index contributed by atoms with van der Waals surface area (Å²) in [6, 6.07) is 5.61. The van der Waals surface area contributed by atoms with Crippen LogP contribution in [0.1, 0.15) is 57.4 Å². The van der Waals surface area contributed by atoms with Crippen LogP contribution in [-0.2, 0) is 0 Å². The highest BCUT2D eigenvalue weighted by Gasteiger charge is 2.39. The van der Waals surface area contributed by atoms with E-state index in [0.717, 1.165) is 24.1 Å². The van der Waals surface area contributed by atoms with Gasteiger partial charge in [-0.15, -0.1) is 0 Å². The largest absolute Gasteiger partial charge is 0.440 e. The van der Waals surface area contributed by atoms with Crippen molar-refractivity contribution in [1.29, 1.82) is 0 Å². The van der Waals surface area contributed by atoms with Crippen LogP contribution in [0.15, 0.2) is 22.7 Å². The predicted molar refractivity (Wildman–Crippen MR) is 103 cm³/mol. The molecule has 2 N–H and O–H groups in total. The number of pyridine rings is 1.